The van der Waals surface area contributed by atoms with Crippen LogP contribution < -0.4 is 4.90 Å². The van der Waals surface area contributed by atoms with Crippen LogP contribution in [-0.2, 0) is 16.2 Å². The largest absolute Gasteiger partial charge is 0.456 e. The molecule has 7 aromatic carbocycles. The van der Waals surface area contributed by atoms with Crippen LogP contribution in [0.3, 0.4) is 0 Å². The van der Waals surface area contributed by atoms with E-state index >= 15 is 0 Å². The van der Waals surface area contributed by atoms with Crippen molar-refractivity contribution in [2.24, 2.45) is 0 Å². The summed E-state index contributed by atoms with van der Waals surface area (Å²) < 4.78 is 9.29. The van der Waals surface area contributed by atoms with E-state index in [-0.39, 0.29) is 16.2 Å². The first kappa shape index (κ1) is 34.8. The number of furan rings is 1. The lowest BCUT2D eigenvalue weighted by Gasteiger charge is -2.29. The van der Waals surface area contributed by atoms with Gasteiger partial charge in [-0.15, -0.1) is 11.3 Å². The number of anilines is 3. The van der Waals surface area contributed by atoms with Gasteiger partial charge in [0.2, 0.25) is 0 Å². The molecule has 0 N–H and O–H groups in total. The summed E-state index contributed by atoms with van der Waals surface area (Å²) >= 11 is 1.99. The first-order valence-electron chi connectivity index (χ1n) is 19.9. The molecule has 9 aromatic rings. The van der Waals surface area contributed by atoms with E-state index in [9.17, 15) is 0 Å². The molecule has 3 heteroatoms. The van der Waals surface area contributed by atoms with E-state index in [1.54, 1.807) is 0 Å². The van der Waals surface area contributed by atoms with E-state index in [0.717, 1.165) is 33.3 Å². The summed E-state index contributed by atoms with van der Waals surface area (Å²) in [5.74, 6) is 0. The minimum absolute atomic E-state index is 0.000654. The summed E-state index contributed by atoms with van der Waals surface area (Å²) in [5.41, 5.74) is 15.7. The molecule has 1 aliphatic carbocycles. The highest BCUT2D eigenvalue weighted by Gasteiger charge is 2.40. The molecule has 0 bridgehead atoms. The smallest absolute Gasteiger partial charge is 0.137 e. The standard InChI is InChI=1S/C53H47NOS/c1-51(2,3)34-30-38-36-28-29-40-48(50(36)56-49(38)41(31-34)52(4,5)6)47-39(53(40,7)8)19-14-20-43(47)54(35-26-24-33(25-27-35)32-16-10-9-11-17-32)42-21-15-23-45-46(42)37-18-12-13-22-44(37)55-45/h9-31H,1-8H3. The Bertz CT molecular complexity index is 3000. The number of benzene rings is 7. The lowest BCUT2D eigenvalue weighted by Crippen LogP contribution is -2.16. The van der Waals surface area contributed by atoms with Gasteiger partial charge in [-0.3, -0.25) is 0 Å². The number of hydrogen-bond acceptors (Lipinski definition) is 3. The zero-order valence-electron chi connectivity index (χ0n) is 33.5. The van der Waals surface area contributed by atoms with Gasteiger partial charge in [-0.1, -0.05) is 152 Å². The predicted molar refractivity (Wildman–Crippen MR) is 242 cm³/mol. The summed E-state index contributed by atoms with van der Waals surface area (Å²) in [6.07, 6.45) is 0. The maximum atomic E-state index is 6.51. The van der Waals surface area contributed by atoms with Crippen molar-refractivity contribution in [1.82, 2.24) is 0 Å². The molecule has 0 radical (unpaired) electrons. The summed E-state index contributed by atoms with van der Waals surface area (Å²) in [5, 5.41) is 4.96. The molecule has 2 aromatic heterocycles. The SMILES string of the molecule is CC(C)(C)c1cc(C(C)(C)C)c2sc3c4c(ccc3c2c1)C(C)(C)c1cccc(N(c2ccc(-c3ccccc3)cc2)c2cccc3oc5ccccc5c23)c1-4. The molecular formula is C53H47NOS. The van der Waals surface area contributed by atoms with Crippen molar-refractivity contribution in [2.75, 3.05) is 4.90 Å². The average Bonchev–Trinajstić information content (AvgIpc) is 3.83. The van der Waals surface area contributed by atoms with Crippen LogP contribution in [0.4, 0.5) is 17.1 Å². The molecular weight excluding hydrogens is 699 g/mol. The lowest BCUT2D eigenvalue weighted by atomic mass is 9.79. The van der Waals surface area contributed by atoms with Crippen LogP contribution in [0.2, 0.25) is 0 Å². The third-order valence-electron chi connectivity index (χ3n) is 12.1. The van der Waals surface area contributed by atoms with Gasteiger partial charge in [-0.2, -0.15) is 0 Å². The van der Waals surface area contributed by atoms with Crippen molar-refractivity contribution >= 4 is 70.5 Å². The van der Waals surface area contributed by atoms with Crippen molar-refractivity contribution in [3.05, 3.63) is 162 Å². The fourth-order valence-corrected chi connectivity index (χ4v) is 10.7. The van der Waals surface area contributed by atoms with Gasteiger partial charge in [-0.05, 0) is 86.7 Å². The molecule has 0 amide bonds. The van der Waals surface area contributed by atoms with Gasteiger partial charge in [0.1, 0.15) is 11.2 Å². The molecule has 0 unspecified atom stereocenters. The fraction of sp³-hybridized carbons (Fsp3) is 0.208. The van der Waals surface area contributed by atoms with Gasteiger partial charge in [0.05, 0.1) is 16.8 Å². The first-order valence-corrected chi connectivity index (χ1v) is 20.7. The molecule has 0 aliphatic heterocycles. The third-order valence-corrected chi connectivity index (χ3v) is 13.4. The fourth-order valence-electron chi connectivity index (χ4n) is 9.14. The van der Waals surface area contributed by atoms with Crippen LogP contribution in [-0.4, -0.2) is 0 Å². The van der Waals surface area contributed by atoms with Crippen LogP contribution in [0.15, 0.2) is 144 Å². The van der Waals surface area contributed by atoms with E-state index in [1.165, 1.54) is 70.4 Å². The Kier molecular flexibility index (Phi) is 7.57. The van der Waals surface area contributed by atoms with Crippen LogP contribution in [0.5, 0.6) is 0 Å². The number of thiophene rings is 1. The molecule has 276 valence electrons. The number of hydrogen-bond donors (Lipinski definition) is 0. The van der Waals surface area contributed by atoms with E-state index in [1.807, 2.05) is 11.3 Å². The predicted octanol–water partition coefficient (Wildman–Crippen LogP) is 16.0. The Morgan fingerprint density at radius 3 is 1.93 bits per heavy atom. The van der Waals surface area contributed by atoms with Gasteiger partial charge in [0.15, 0.2) is 0 Å². The molecule has 0 atom stereocenters. The number of rotatable bonds is 4. The van der Waals surface area contributed by atoms with E-state index in [4.69, 9.17) is 4.42 Å². The molecule has 0 fully saturated rings. The Morgan fingerprint density at radius 1 is 0.518 bits per heavy atom. The molecule has 0 saturated carbocycles. The highest BCUT2D eigenvalue weighted by molar-refractivity contribution is 7.26. The van der Waals surface area contributed by atoms with Crippen LogP contribution in [0, 0.1) is 0 Å². The molecule has 2 heterocycles. The first-order chi connectivity index (χ1) is 26.8. The van der Waals surface area contributed by atoms with E-state index in [0.29, 0.717) is 0 Å². The highest BCUT2D eigenvalue weighted by atomic mass is 32.1. The van der Waals surface area contributed by atoms with Crippen LogP contribution in [0.25, 0.3) is 64.4 Å². The Hall–Kier alpha value is -5.64. The molecule has 56 heavy (non-hydrogen) atoms. The van der Waals surface area contributed by atoms with Gasteiger partial charge in [-0.25, -0.2) is 0 Å². The van der Waals surface area contributed by atoms with Gasteiger partial charge in [0.25, 0.3) is 0 Å². The zero-order valence-corrected chi connectivity index (χ0v) is 34.4. The quantitative estimate of drug-likeness (QED) is 0.178. The summed E-state index contributed by atoms with van der Waals surface area (Å²) in [6.45, 7) is 18.9. The second-order valence-electron chi connectivity index (χ2n) is 18.2. The Morgan fingerprint density at radius 2 is 1.18 bits per heavy atom. The second kappa shape index (κ2) is 12.2. The van der Waals surface area contributed by atoms with Crippen molar-refractivity contribution in [1.29, 1.82) is 0 Å². The molecule has 1 aliphatic rings. The van der Waals surface area contributed by atoms with Crippen molar-refractivity contribution in [3.8, 4) is 22.3 Å². The maximum absolute atomic E-state index is 6.51. The van der Waals surface area contributed by atoms with E-state index in [2.05, 4.69) is 200 Å². The highest BCUT2D eigenvalue weighted by Crippen LogP contribution is 2.59. The molecule has 0 saturated heterocycles. The maximum Gasteiger partial charge on any atom is 0.137 e. The zero-order chi connectivity index (χ0) is 38.7. The second-order valence-corrected chi connectivity index (χ2v) is 19.2. The Balaban J connectivity index is 1.29. The minimum atomic E-state index is -0.189. The van der Waals surface area contributed by atoms with Gasteiger partial charge in [0, 0.05) is 47.8 Å². The summed E-state index contributed by atoms with van der Waals surface area (Å²) in [6, 6.07) is 51.4. The number of fused-ring (bicyclic) bond motifs is 10. The minimum Gasteiger partial charge on any atom is -0.456 e. The Labute approximate surface area is 334 Å². The van der Waals surface area contributed by atoms with Crippen molar-refractivity contribution in [2.45, 2.75) is 71.6 Å². The number of para-hydroxylation sites is 1. The average molecular weight is 746 g/mol. The normalized spacial score (nSPS) is 13.9. The summed E-state index contributed by atoms with van der Waals surface area (Å²) in [7, 11) is 0. The van der Waals surface area contributed by atoms with E-state index < -0.39 is 0 Å². The number of nitrogens with zero attached hydrogens (tertiary/aromatic N) is 1. The molecule has 10 rings (SSSR count). The lowest BCUT2D eigenvalue weighted by molar-refractivity contribution is 0.573. The van der Waals surface area contributed by atoms with Crippen LogP contribution >= 0.6 is 11.3 Å². The van der Waals surface area contributed by atoms with Crippen molar-refractivity contribution < 1.29 is 4.42 Å². The van der Waals surface area contributed by atoms with Gasteiger partial charge < -0.3 is 9.32 Å². The monoisotopic (exact) mass is 745 g/mol. The third kappa shape index (κ3) is 5.20. The van der Waals surface area contributed by atoms with Gasteiger partial charge >= 0.3 is 0 Å². The topological polar surface area (TPSA) is 16.4 Å². The van der Waals surface area contributed by atoms with Crippen LogP contribution in [0.1, 0.15) is 77.6 Å². The molecule has 2 nitrogen and oxygen atoms in total. The summed E-state index contributed by atoms with van der Waals surface area (Å²) in [4.78, 5) is 2.49. The molecule has 0 spiro atoms. The van der Waals surface area contributed by atoms with Crippen molar-refractivity contribution in [3.63, 3.8) is 0 Å².